The number of aromatic nitrogens is 3. The van der Waals surface area contributed by atoms with E-state index in [1.165, 1.54) is 25.6 Å². The largest absolute Gasteiger partial charge is 0.494 e. The zero-order valence-corrected chi connectivity index (χ0v) is 21.6. The van der Waals surface area contributed by atoms with Crippen LogP contribution in [0, 0.1) is 13.8 Å². The number of amidine groups is 1. The maximum atomic E-state index is 13.3. The van der Waals surface area contributed by atoms with E-state index in [-0.39, 0.29) is 6.42 Å². The summed E-state index contributed by atoms with van der Waals surface area (Å²) >= 11 is 1.40. The second-order valence-electron chi connectivity index (χ2n) is 8.00. The first-order chi connectivity index (χ1) is 16.7. The number of anilines is 1. The summed E-state index contributed by atoms with van der Waals surface area (Å²) in [6.07, 6.45) is 2.53. The van der Waals surface area contributed by atoms with Crippen molar-refractivity contribution in [3.63, 3.8) is 0 Å². The van der Waals surface area contributed by atoms with Gasteiger partial charge in [-0.25, -0.2) is 23.4 Å². The van der Waals surface area contributed by atoms with E-state index in [1.54, 1.807) is 42.4 Å². The molecule has 186 valence electrons. The number of para-hydroxylation sites is 1. The lowest BCUT2D eigenvalue weighted by atomic mass is 10.2. The smallest absolute Gasteiger partial charge is 0.217 e. The molecule has 3 aromatic rings. The molecule has 0 saturated heterocycles. The molecule has 2 atom stereocenters. The van der Waals surface area contributed by atoms with Crippen LogP contribution in [-0.4, -0.2) is 55.0 Å². The van der Waals surface area contributed by atoms with Crippen LogP contribution < -0.4 is 24.5 Å². The van der Waals surface area contributed by atoms with Crippen LogP contribution in [0.4, 0.5) is 5.69 Å². The second-order valence-corrected chi connectivity index (χ2v) is 11.0. The van der Waals surface area contributed by atoms with Crippen molar-refractivity contribution in [3.05, 3.63) is 58.1 Å². The van der Waals surface area contributed by atoms with E-state index < -0.39 is 21.6 Å². The number of rotatable bonds is 9. The highest BCUT2D eigenvalue weighted by Crippen LogP contribution is 2.40. The molecule has 0 saturated carbocycles. The number of aryl methyl sites for hydroxylation is 2. The van der Waals surface area contributed by atoms with E-state index in [1.807, 2.05) is 19.2 Å². The number of methoxy groups -OCH3 is 2. The summed E-state index contributed by atoms with van der Waals surface area (Å²) in [6.45, 7) is 5.37. The quantitative estimate of drug-likeness (QED) is 0.438. The average molecular weight is 518 g/mol. The highest BCUT2D eigenvalue weighted by molar-refractivity contribution is 7.90. The Kier molecular flexibility index (Phi) is 7.19. The zero-order chi connectivity index (χ0) is 25.2. The molecule has 0 fully saturated rings. The maximum absolute atomic E-state index is 13.3. The molecule has 0 spiro atoms. The summed E-state index contributed by atoms with van der Waals surface area (Å²) in [7, 11) is -0.765. The van der Waals surface area contributed by atoms with E-state index in [0.29, 0.717) is 33.9 Å². The van der Waals surface area contributed by atoms with Gasteiger partial charge in [-0.2, -0.15) is 9.82 Å². The Balaban J connectivity index is 1.68. The van der Waals surface area contributed by atoms with Gasteiger partial charge in [0.15, 0.2) is 17.1 Å². The summed E-state index contributed by atoms with van der Waals surface area (Å²) in [5, 5.41) is 6.13. The van der Waals surface area contributed by atoms with Crippen LogP contribution in [0.25, 0.3) is 0 Å². The van der Waals surface area contributed by atoms with Crippen molar-refractivity contribution in [2.75, 3.05) is 19.1 Å². The molecule has 1 aliphatic rings. The van der Waals surface area contributed by atoms with Crippen LogP contribution in [0.3, 0.4) is 0 Å². The third kappa shape index (κ3) is 5.21. The molecule has 4 rings (SSSR count). The molecule has 3 heterocycles. The van der Waals surface area contributed by atoms with Crippen molar-refractivity contribution in [1.82, 2.24) is 25.1 Å². The molecular formula is C22H27N7O4S2. The Labute approximate surface area is 208 Å². The predicted octanol–water partition coefficient (Wildman–Crippen LogP) is 2.17. The fourth-order valence-electron chi connectivity index (χ4n) is 3.51. The monoisotopic (exact) mass is 517 g/mol. The first-order valence-electron chi connectivity index (χ1n) is 10.8. The highest BCUT2D eigenvalue weighted by atomic mass is 32.2. The van der Waals surface area contributed by atoms with E-state index in [2.05, 4.69) is 30.2 Å². The van der Waals surface area contributed by atoms with Crippen molar-refractivity contribution in [2.45, 2.75) is 38.7 Å². The van der Waals surface area contributed by atoms with Crippen molar-refractivity contribution < 1.29 is 17.9 Å². The normalized spacial score (nSPS) is 16.5. The SMILES string of the molecule is COc1cccc(OC)c1N1C(c2nc(C)cs2)=NNC1NS(=O)(=O)[C@H](C)Cc1ncc(C)cn1. The molecule has 1 aromatic carbocycles. The van der Waals surface area contributed by atoms with Gasteiger partial charge in [0.25, 0.3) is 0 Å². The number of nitrogens with zero attached hydrogens (tertiary/aromatic N) is 5. The van der Waals surface area contributed by atoms with E-state index >= 15 is 0 Å². The highest BCUT2D eigenvalue weighted by Gasteiger charge is 2.39. The molecule has 35 heavy (non-hydrogen) atoms. The molecule has 2 N–H and O–H groups in total. The Bertz CT molecular complexity index is 1300. The van der Waals surface area contributed by atoms with Crippen molar-refractivity contribution in [1.29, 1.82) is 0 Å². The second kappa shape index (κ2) is 10.1. The fourth-order valence-corrected chi connectivity index (χ4v) is 5.36. The number of hydrogen-bond donors (Lipinski definition) is 2. The van der Waals surface area contributed by atoms with Gasteiger partial charge >= 0.3 is 0 Å². The standard InChI is InChI=1S/C22H27N7O4S2/c1-13-10-23-18(24-11-13)9-15(3)35(30,31)28-22-27-26-20(21-25-14(2)12-34-21)29(22)19-16(32-4)7-6-8-17(19)33-5/h6-8,10-12,15,22,27-28H,9H2,1-5H3/t15-,22?/m1/s1. The van der Waals surface area contributed by atoms with Gasteiger partial charge in [-0.15, -0.1) is 11.3 Å². The lowest BCUT2D eigenvalue weighted by molar-refractivity contribution is 0.392. The molecule has 0 bridgehead atoms. The first kappa shape index (κ1) is 24.8. The summed E-state index contributed by atoms with van der Waals surface area (Å²) < 4.78 is 40.6. The van der Waals surface area contributed by atoms with Crippen LogP contribution in [0.1, 0.15) is 29.0 Å². The minimum absolute atomic E-state index is 0.152. The van der Waals surface area contributed by atoms with E-state index in [9.17, 15) is 8.42 Å². The van der Waals surface area contributed by atoms with Gasteiger partial charge in [0, 0.05) is 29.9 Å². The summed E-state index contributed by atoms with van der Waals surface area (Å²) in [6, 6.07) is 5.32. The fraction of sp³-hybridized carbons (Fsp3) is 0.364. The Morgan fingerprint density at radius 2 is 1.83 bits per heavy atom. The minimum atomic E-state index is -3.84. The van der Waals surface area contributed by atoms with Crippen LogP contribution in [0.2, 0.25) is 0 Å². The summed E-state index contributed by atoms with van der Waals surface area (Å²) in [4.78, 5) is 14.7. The Morgan fingerprint density at radius 1 is 1.17 bits per heavy atom. The number of benzene rings is 1. The van der Waals surface area contributed by atoms with Gasteiger partial charge < -0.3 is 9.47 Å². The number of thiazole rings is 1. The molecule has 11 nitrogen and oxygen atoms in total. The maximum Gasteiger partial charge on any atom is 0.217 e. The molecule has 0 aliphatic carbocycles. The Morgan fingerprint density at radius 3 is 2.40 bits per heavy atom. The molecule has 1 aliphatic heterocycles. The van der Waals surface area contributed by atoms with Gasteiger partial charge in [0.05, 0.1) is 19.5 Å². The molecule has 0 amide bonds. The number of ether oxygens (including phenoxy) is 2. The van der Waals surface area contributed by atoms with Crippen LogP contribution >= 0.6 is 11.3 Å². The average Bonchev–Trinajstić information content (AvgIpc) is 3.45. The number of sulfonamides is 1. The van der Waals surface area contributed by atoms with Crippen LogP contribution in [0.15, 0.2) is 41.1 Å². The van der Waals surface area contributed by atoms with Crippen molar-refractivity contribution in [2.24, 2.45) is 5.10 Å². The van der Waals surface area contributed by atoms with E-state index in [4.69, 9.17) is 9.47 Å². The lowest BCUT2D eigenvalue weighted by Gasteiger charge is -2.30. The summed E-state index contributed by atoms with van der Waals surface area (Å²) in [5.41, 5.74) is 5.14. The topological polar surface area (TPSA) is 131 Å². The van der Waals surface area contributed by atoms with Crippen molar-refractivity contribution >= 4 is 32.9 Å². The molecule has 2 aromatic heterocycles. The van der Waals surface area contributed by atoms with Crippen molar-refractivity contribution in [3.8, 4) is 11.5 Å². The molecule has 13 heteroatoms. The number of nitrogens with one attached hydrogen (secondary N) is 2. The molecule has 1 unspecified atom stereocenters. The van der Waals surface area contributed by atoms with Gasteiger partial charge in [-0.3, -0.25) is 10.3 Å². The van der Waals surface area contributed by atoms with Gasteiger partial charge in [-0.05, 0) is 38.5 Å². The van der Waals surface area contributed by atoms with E-state index in [0.717, 1.165) is 11.3 Å². The molecular weight excluding hydrogens is 490 g/mol. The first-order valence-corrected chi connectivity index (χ1v) is 13.2. The van der Waals surface area contributed by atoms with Gasteiger partial charge in [-0.1, -0.05) is 6.07 Å². The minimum Gasteiger partial charge on any atom is -0.494 e. The van der Waals surface area contributed by atoms with Gasteiger partial charge in [0.1, 0.15) is 23.0 Å². The Hall–Kier alpha value is -3.29. The summed E-state index contributed by atoms with van der Waals surface area (Å²) in [5.74, 6) is 1.86. The molecule has 0 radical (unpaired) electrons. The number of hydrogen-bond acceptors (Lipinski definition) is 11. The lowest BCUT2D eigenvalue weighted by Crippen LogP contribution is -2.54. The van der Waals surface area contributed by atoms with Crippen LogP contribution in [-0.2, 0) is 16.4 Å². The third-order valence-electron chi connectivity index (χ3n) is 5.34. The number of hydrazone groups is 1. The van der Waals surface area contributed by atoms with Gasteiger partial charge in [0.2, 0.25) is 10.0 Å². The van der Waals surface area contributed by atoms with Crippen LogP contribution in [0.5, 0.6) is 11.5 Å². The third-order valence-corrected chi connectivity index (χ3v) is 8.08. The zero-order valence-electron chi connectivity index (χ0n) is 20.0. The predicted molar refractivity (Wildman–Crippen MR) is 134 cm³/mol.